The van der Waals surface area contributed by atoms with Gasteiger partial charge in [0.1, 0.15) is 17.7 Å². The number of aromatic amines is 1. The quantitative estimate of drug-likeness (QED) is 0.558. The van der Waals surface area contributed by atoms with Gasteiger partial charge in [-0.1, -0.05) is 12.1 Å². The number of nitrogens with one attached hydrogen (secondary N) is 2. The zero-order valence-electron chi connectivity index (χ0n) is 13.3. The third-order valence-corrected chi connectivity index (χ3v) is 3.89. The smallest absolute Gasteiger partial charge is 0.197 e. The Morgan fingerprint density at radius 3 is 2.67 bits per heavy atom. The highest BCUT2D eigenvalue weighted by Gasteiger charge is 2.10. The van der Waals surface area contributed by atoms with Gasteiger partial charge in [-0.05, 0) is 43.2 Å². The van der Waals surface area contributed by atoms with Gasteiger partial charge < -0.3 is 10.3 Å². The molecule has 2 aromatic carbocycles. The monoisotopic (exact) mass is 314 g/mol. The molecule has 3 aromatic rings. The molecule has 5 heteroatoms. The maximum Gasteiger partial charge on any atom is 0.197 e. The molecule has 1 heterocycles. The molecule has 116 valence electrons. The average molecular weight is 314 g/mol. The van der Waals surface area contributed by atoms with Crippen LogP contribution in [0.25, 0.3) is 21.8 Å². The lowest BCUT2D eigenvalue weighted by Crippen LogP contribution is -2.07. The summed E-state index contributed by atoms with van der Waals surface area (Å²) >= 11 is 0. The van der Waals surface area contributed by atoms with E-state index < -0.39 is 0 Å². The van der Waals surface area contributed by atoms with Crippen molar-refractivity contribution in [3.05, 3.63) is 63.5 Å². The van der Waals surface area contributed by atoms with Gasteiger partial charge in [0.05, 0.1) is 16.7 Å². The van der Waals surface area contributed by atoms with Crippen LogP contribution in [-0.2, 0) is 0 Å². The van der Waals surface area contributed by atoms with Crippen molar-refractivity contribution in [3.8, 4) is 12.1 Å². The Labute approximate surface area is 138 Å². The van der Waals surface area contributed by atoms with Gasteiger partial charge in [-0.3, -0.25) is 4.79 Å². The third kappa shape index (κ3) is 2.49. The molecule has 0 fully saturated rings. The first-order chi connectivity index (χ1) is 11.5. The van der Waals surface area contributed by atoms with Gasteiger partial charge in [-0.15, -0.1) is 0 Å². The molecule has 5 nitrogen and oxygen atoms in total. The summed E-state index contributed by atoms with van der Waals surface area (Å²) in [7, 11) is 0. The van der Waals surface area contributed by atoms with E-state index in [1.54, 1.807) is 30.3 Å². The van der Waals surface area contributed by atoms with Crippen LogP contribution >= 0.6 is 0 Å². The van der Waals surface area contributed by atoms with E-state index in [-0.39, 0.29) is 11.0 Å². The van der Waals surface area contributed by atoms with Crippen molar-refractivity contribution in [2.75, 3.05) is 5.32 Å². The van der Waals surface area contributed by atoms with Crippen LogP contribution in [-0.4, -0.2) is 4.98 Å². The number of anilines is 1. The number of hydrogen-bond donors (Lipinski definition) is 2. The van der Waals surface area contributed by atoms with Gasteiger partial charge in [0.15, 0.2) is 5.43 Å². The summed E-state index contributed by atoms with van der Waals surface area (Å²) in [5.74, 6) is 0. The molecule has 0 aliphatic heterocycles. The van der Waals surface area contributed by atoms with Crippen molar-refractivity contribution in [2.24, 2.45) is 0 Å². The van der Waals surface area contributed by atoms with Crippen molar-refractivity contribution < 1.29 is 0 Å². The number of H-pyrrole nitrogens is 1. The number of pyridine rings is 1. The van der Waals surface area contributed by atoms with E-state index in [2.05, 4.69) is 10.3 Å². The molecule has 0 aliphatic rings. The van der Waals surface area contributed by atoms with Crippen LogP contribution in [0.5, 0.6) is 0 Å². The van der Waals surface area contributed by atoms with Crippen molar-refractivity contribution in [1.29, 1.82) is 10.5 Å². The molecule has 0 aliphatic carbocycles. The topological polar surface area (TPSA) is 92.5 Å². The van der Waals surface area contributed by atoms with E-state index in [9.17, 15) is 4.79 Å². The minimum absolute atomic E-state index is 0.0373. The zero-order valence-corrected chi connectivity index (χ0v) is 13.3. The Bertz CT molecular complexity index is 1120. The largest absolute Gasteiger partial charge is 0.358 e. The average Bonchev–Trinajstić information content (AvgIpc) is 2.55. The Hall–Kier alpha value is -3.57. The molecular formula is C19H14N4O. The number of aromatic nitrogens is 1. The Balaban J connectivity index is 2.31. The van der Waals surface area contributed by atoms with E-state index >= 15 is 0 Å². The first kappa shape index (κ1) is 15.3. The number of aryl methyl sites for hydroxylation is 2. The number of nitriles is 2. The Kier molecular flexibility index (Phi) is 3.77. The fourth-order valence-corrected chi connectivity index (χ4v) is 2.87. The fraction of sp³-hybridized carbons (Fsp3) is 0.105. The summed E-state index contributed by atoms with van der Waals surface area (Å²) in [5, 5.41) is 21.8. The molecule has 3 rings (SSSR count). The van der Waals surface area contributed by atoms with Crippen LogP contribution < -0.4 is 10.7 Å². The minimum atomic E-state index is -0.0400. The summed E-state index contributed by atoms with van der Waals surface area (Å²) in [4.78, 5) is 16.2. The number of nitrogens with zero attached hydrogens (tertiary/aromatic N) is 2. The van der Waals surface area contributed by atoms with Gasteiger partial charge in [0.25, 0.3) is 0 Å². The van der Waals surface area contributed by atoms with Gasteiger partial charge >= 0.3 is 0 Å². The summed E-state index contributed by atoms with van der Waals surface area (Å²) in [5.41, 5.74) is 3.97. The highest BCUT2D eigenvalue weighted by Crippen LogP contribution is 2.24. The maximum absolute atomic E-state index is 12.9. The molecule has 0 unspecified atom stereocenters. The van der Waals surface area contributed by atoms with E-state index in [1.165, 1.54) is 6.20 Å². The van der Waals surface area contributed by atoms with Crippen LogP contribution in [0.2, 0.25) is 0 Å². The predicted octanol–water partition coefficient (Wildman–Crippen LogP) is 3.64. The van der Waals surface area contributed by atoms with Crippen LogP contribution in [0, 0.1) is 36.5 Å². The summed E-state index contributed by atoms with van der Waals surface area (Å²) in [6, 6.07) is 12.8. The standard InChI is InChI=1S/C19H14N4O/c1-11-6-12(2)17-16(7-11)23-18-14(19(17)24)4-3-5-15(18)22-10-13(8-20)9-21/h3-7,10,22H,1-2H3,(H,23,24). The molecule has 0 saturated carbocycles. The number of rotatable bonds is 2. The van der Waals surface area contributed by atoms with E-state index in [0.29, 0.717) is 22.0 Å². The highest BCUT2D eigenvalue weighted by atomic mass is 16.1. The number of benzene rings is 2. The van der Waals surface area contributed by atoms with Gasteiger partial charge in [-0.25, -0.2) is 0 Å². The Morgan fingerprint density at radius 1 is 1.21 bits per heavy atom. The number of para-hydroxylation sites is 1. The first-order valence-electron chi connectivity index (χ1n) is 7.38. The minimum Gasteiger partial charge on any atom is -0.358 e. The summed E-state index contributed by atoms with van der Waals surface area (Å²) < 4.78 is 0. The van der Waals surface area contributed by atoms with Gasteiger partial charge in [-0.2, -0.15) is 10.5 Å². The third-order valence-electron chi connectivity index (χ3n) is 3.89. The SMILES string of the molecule is Cc1cc(C)c2c(=O)c3cccc(NC=C(C#N)C#N)c3[nH]c2c1. The molecule has 2 N–H and O–H groups in total. The van der Waals surface area contributed by atoms with Crippen LogP contribution in [0.4, 0.5) is 5.69 Å². The normalized spacial score (nSPS) is 10.2. The van der Waals surface area contributed by atoms with Crippen molar-refractivity contribution >= 4 is 27.5 Å². The van der Waals surface area contributed by atoms with Gasteiger partial charge in [0, 0.05) is 17.0 Å². The van der Waals surface area contributed by atoms with Crippen LogP contribution in [0.15, 0.2) is 46.9 Å². The second-order valence-electron chi connectivity index (χ2n) is 5.61. The van der Waals surface area contributed by atoms with Crippen molar-refractivity contribution in [3.63, 3.8) is 0 Å². The molecule has 0 atom stereocenters. The van der Waals surface area contributed by atoms with Crippen LogP contribution in [0.1, 0.15) is 11.1 Å². The van der Waals surface area contributed by atoms with Crippen molar-refractivity contribution in [1.82, 2.24) is 4.98 Å². The maximum atomic E-state index is 12.9. The van der Waals surface area contributed by atoms with E-state index in [4.69, 9.17) is 10.5 Å². The number of hydrogen-bond acceptors (Lipinski definition) is 4. The number of fused-ring (bicyclic) bond motifs is 2. The molecule has 0 saturated heterocycles. The summed E-state index contributed by atoms with van der Waals surface area (Å²) in [6.07, 6.45) is 1.33. The lowest BCUT2D eigenvalue weighted by atomic mass is 10.0. The van der Waals surface area contributed by atoms with Crippen LogP contribution in [0.3, 0.4) is 0 Å². The second kappa shape index (κ2) is 5.91. The second-order valence-corrected chi connectivity index (χ2v) is 5.61. The first-order valence-corrected chi connectivity index (χ1v) is 7.38. The molecule has 0 spiro atoms. The lowest BCUT2D eigenvalue weighted by Gasteiger charge is -2.10. The zero-order chi connectivity index (χ0) is 17.3. The molecule has 24 heavy (non-hydrogen) atoms. The van der Waals surface area contributed by atoms with E-state index in [0.717, 1.165) is 16.6 Å². The predicted molar refractivity (Wildman–Crippen MR) is 94.5 cm³/mol. The van der Waals surface area contributed by atoms with E-state index in [1.807, 2.05) is 26.0 Å². The molecule has 0 amide bonds. The Morgan fingerprint density at radius 2 is 1.96 bits per heavy atom. The lowest BCUT2D eigenvalue weighted by molar-refractivity contribution is 1.38. The summed E-state index contributed by atoms with van der Waals surface area (Å²) in [6.45, 7) is 3.90. The molecule has 0 radical (unpaired) electrons. The molecular weight excluding hydrogens is 300 g/mol. The number of allylic oxidation sites excluding steroid dienone is 1. The molecule has 1 aromatic heterocycles. The molecule has 0 bridgehead atoms. The van der Waals surface area contributed by atoms with Gasteiger partial charge in [0.2, 0.25) is 0 Å². The van der Waals surface area contributed by atoms with Crippen molar-refractivity contribution in [2.45, 2.75) is 13.8 Å². The highest BCUT2D eigenvalue weighted by molar-refractivity contribution is 5.99. The fourth-order valence-electron chi connectivity index (χ4n) is 2.87.